The highest BCUT2D eigenvalue weighted by Gasteiger charge is 2.29. The van der Waals surface area contributed by atoms with Crippen molar-refractivity contribution in [1.29, 1.82) is 0 Å². The summed E-state index contributed by atoms with van der Waals surface area (Å²) in [5.74, 6) is 0.150. The van der Waals surface area contributed by atoms with E-state index < -0.39 is 0 Å². The molecular weight excluding hydrogens is 379 g/mol. The summed E-state index contributed by atoms with van der Waals surface area (Å²) in [6, 6.07) is 7.92. The smallest absolute Gasteiger partial charge is 0.261 e. The lowest BCUT2D eigenvalue weighted by atomic mass is 9.89. The Labute approximate surface area is 160 Å². The van der Waals surface area contributed by atoms with E-state index in [4.69, 9.17) is 27.9 Å². The number of morpholine rings is 1. The maximum Gasteiger partial charge on any atom is 0.261 e. The molecule has 2 aliphatic rings. The number of carbonyl (C=O) groups is 1. The van der Waals surface area contributed by atoms with E-state index in [0.29, 0.717) is 16.6 Å². The van der Waals surface area contributed by atoms with E-state index in [9.17, 15) is 4.79 Å². The van der Waals surface area contributed by atoms with Gasteiger partial charge in [-0.25, -0.2) is 0 Å². The van der Waals surface area contributed by atoms with Crippen LogP contribution in [-0.4, -0.2) is 38.8 Å². The highest BCUT2D eigenvalue weighted by atomic mass is 35.5. The molecule has 3 heterocycles. The Morgan fingerprint density at radius 2 is 1.96 bits per heavy atom. The lowest BCUT2D eigenvalue weighted by Crippen LogP contribution is -2.35. The Morgan fingerprint density at radius 3 is 2.72 bits per heavy atom. The van der Waals surface area contributed by atoms with Gasteiger partial charge < -0.3 is 15.0 Å². The van der Waals surface area contributed by atoms with Crippen LogP contribution >= 0.6 is 34.5 Å². The molecule has 1 aromatic heterocycles. The standard InChI is InChI=1S/C18H18Cl2N2O2S/c19-14-2-1-11(9-15(14)20)12-3-4-21-18(23)17-13(12)10-16(25-17)22-5-7-24-8-6-22/h1-2,9-10,12H,3-8H2,(H,21,23). The van der Waals surface area contributed by atoms with Gasteiger partial charge in [-0.05, 0) is 35.7 Å². The number of fused-ring (bicyclic) bond motifs is 1. The molecule has 25 heavy (non-hydrogen) atoms. The number of halogens is 2. The van der Waals surface area contributed by atoms with Crippen molar-refractivity contribution >= 4 is 45.4 Å². The number of anilines is 1. The first-order valence-electron chi connectivity index (χ1n) is 8.33. The van der Waals surface area contributed by atoms with Crippen LogP contribution in [-0.2, 0) is 4.74 Å². The highest BCUT2D eigenvalue weighted by molar-refractivity contribution is 7.18. The summed E-state index contributed by atoms with van der Waals surface area (Å²) in [5, 5.41) is 5.24. The molecule has 0 bridgehead atoms. The molecule has 0 spiro atoms. The van der Waals surface area contributed by atoms with Gasteiger partial charge >= 0.3 is 0 Å². The normalized spacial score (nSPS) is 20.8. The summed E-state index contributed by atoms with van der Waals surface area (Å²) < 4.78 is 5.44. The number of hydrogen-bond acceptors (Lipinski definition) is 4. The van der Waals surface area contributed by atoms with Crippen LogP contribution in [0.2, 0.25) is 10.0 Å². The van der Waals surface area contributed by atoms with Gasteiger partial charge in [0.1, 0.15) is 0 Å². The third kappa shape index (κ3) is 3.38. The van der Waals surface area contributed by atoms with Gasteiger partial charge in [0.2, 0.25) is 0 Å². The average Bonchev–Trinajstić information content (AvgIpc) is 3.01. The van der Waals surface area contributed by atoms with Crippen LogP contribution in [0.15, 0.2) is 24.3 Å². The molecule has 0 saturated carbocycles. The quantitative estimate of drug-likeness (QED) is 0.828. The topological polar surface area (TPSA) is 41.6 Å². The number of nitrogens with zero attached hydrogens (tertiary/aromatic N) is 1. The molecule has 4 rings (SSSR count). The molecule has 1 N–H and O–H groups in total. The molecule has 1 unspecified atom stereocenters. The molecule has 1 amide bonds. The SMILES string of the molecule is O=C1NCCC(c2ccc(Cl)c(Cl)c2)c2cc(N3CCOCC3)sc21. The summed E-state index contributed by atoms with van der Waals surface area (Å²) in [5.41, 5.74) is 2.18. The summed E-state index contributed by atoms with van der Waals surface area (Å²) in [6.45, 7) is 3.82. The summed E-state index contributed by atoms with van der Waals surface area (Å²) in [6.07, 6.45) is 0.843. The molecule has 4 nitrogen and oxygen atoms in total. The summed E-state index contributed by atoms with van der Waals surface area (Å²) >= 11 is 13.9. The second kappa shape index (κ2) is 7.16. The van der Waals surface area contributed by atoms with E-state index in [1.807, 2.05) is 18.2 Å². The van der Waals surface area contributed by atoms with Gasteiger partial charge in [-0.15, -0.1) is 11.3 Å². The number of nitrogens with one attached hydrogen (secondary N) is 1. The Morgan fingerprint density at radius 1 is 1.16 bits per heavy atom. The second-order valence-corrected chi connectivity index (χ2v) is 8.08. The van der Waals surface area contributed by atoms with Crippen molar-refractivity contribution < 1.29 is 9.53 Å². The van der Waals surface area contributed by atoms with Crippen molar-refractivity contribution in [2.75, 3.05) is 37.7 Å². The Kier molecular flexibility index (Phi) is 4.91. The summed E-state index contributed by atoms with van der Waals surface area (Å²) in [4.78, 5) is 15.6. The van der Waals surface area contributed by atoms with Crippen molar-refractivity contribution in [2.45, 2.75) is 12.3 Å². The lowest BCUT2D eigenvalue weighted by Gasteiger charge is -2.27. The molecule has 1 atom stereocenters. The van der Waals surface area contributed by atoms with Gasteiger partial charge in [-0.1, -0.05) is 29.3 Å². The van der Waals surface area contributed by atoms with Crippen LogP contribution < -0.4 is 10.2 Å². The predicted molar refractivity (Wildman–Crippen MR) is 103 cm³/mol. The third-order valence-corrected chi connectivity index (χ3v) is 6.67. The zero-order valence-electron chi connectivity index (χ0n) is 13.6. The van der Waals surface area contributed by atoms with Gasteiger partial charge in [-0.2, -0.15) is 0 Å². The zero-order chi connectivity index (χ0) is 17.4. The first-order valence-corrected chi connectivity index (χ1v) is 9.90. The maximum absolute atomic E-state index is 12.5. The van der Waals surface area contributed by atoms with Gasteiger partial charge in [-0.3, -0.25) is 4.79 Å². The molecule has 0 radical (unpaired) electrons. The number of carbonyl (C=O) groups excluding carboxylic acids is 1. The van der Waals surface area contributed by atoms with E-state index in [0.717, 1.165) is 53.7 Å². The van der Waals surface area contributed by atoms with Crippen LogP contribution in [0, 0.1) is 0 Å². The van der Waals surface area contributed by atoms with E-state index in [-0.39, 0.29) is 11.8 Å². The predicted octanol–water partition coefficient (Wildman–Crippen LogP) is 4.16. The molecule has 0 aliphatic carbocycles. The van der Waals surface area contributed by atoms with Crippen LogP contribution in [0.1, 0.15) is 33.1 Å². The molecule has 132 valence electrons. The molecule has 7 heteroatoms. The zero-order valence-corrected chi connectivity index (χ0v) is 15.9. The second-order valence-electron chi connectivity index (χ2n) is 6.24. The van der Waals surface area contributed by atoms with E-state index in [2.05, 4.69) is 16.3 Å². The van der Waals surface area contributed by atoms with Crippen LogP contribution in [0.25, 0.3) is 0 Å². The monoisotopic (exact) mass is 396 g/mol. The van der Waals surface area contributed by atoms with Crippen molar-refractivity contribution in [3.8, 4) is 0 Å². The number of thiophene rings is 1. The molecule has 2 aliphatic heterocycles. The number of hydrogen-bond donors (Lipinski definition) is 1. The van der Waals surface area contributed by atoms with Gasteiger partial charge in [0.15, 0.2) is 0 Å². The Bertz CT molecular complexity index is 802. The maximum atomic E-state index is 12.5. The molecular formula is C18H18Cl2N2O2S. The van der Waals surface area contributed by atoms with Gasteiger partial charge in [0.25, 0.3) is 5.91 Å². The fraction of sp³-hybridized carbons (Fsp3) is 0.389. The molecule has 1 saturated heterocycles. The fourth-order valence-electron chi connectivity index (χ4n) is 3.41. The highest BCUT2D eigenvalue weighted by Crippen LogP contribution is 2.41. The van der Waals surface area contributed by atoms with Crippen LogP contribution in [0.5, 0.6) is 0 Å². The number of rotatable bonds is 2. The Balaban J connectivity index is 1.74. The molecule has 1 fully saturated rings. The van der Waals surface area contributed by atoms with E-state index in [1.165, 1.54) is 0 Å². The number of benzene rings is 1. The first-order chi connectivity index (χ1) is 12.1. The number of ether oxygens (including phenoxy) is 1. The van der Waals surface area contributed by atoms with Crippen molar-refractivity contribution in [2.24, 2.45) is 0 Å². The molecule has 2 aromatic rings. The average molecular weight is 397 g/mol. The van der Waals surface area contributed by atoms with Crippen molar-refractivity contribution in [3.63, 3.8) is 0 Å². The summed E-state index contributed by atoms with van der Waals surface area (Å²) in [7, 11) is 0. The Hall–Kier alpha value is -1.27. The fourth-order valence-corrected chi connectivity index (χ4v) is 4.91. The molecule has 1 aromatic carbocycles. The third-order valence-electron chi connectivity index (χ3n) is 4.72. The minimum Gasteiger partial charge on any atom is -0.378 e. The minimum absolute atomic E-state index is 0.0158. The lowest BCUT2D eigenvalue weighted by molar-refractivity contribution is 0.0960. The van der Waals surface area contributed by atoms with Gasteiger partial charge in [0.05, 0.1) is 33.1 Å². The van der Waals surface area contributed by atoms with Crippen LogP contribution in [0.4, 0.5) is 5.00 Å². The minimum atomic E-state index is 0.0158. The number of amides is 1. The first kappa shape index (κ1) is 17.2. The van der Waals surface area contributed by atoms with Crippen LogP contribution in [0.3, 0.4) is 0 Å². The van der Waals surface area contributed by atoms with E-state index >= 15 is 0 Å². The largest absolute Gasteiger partial charge is 0.378 e. The van der Waals surface area contributed by atoms with Crippen molar-refractivity contribution in [1.82, 2.24) is 5.32 Å². The van der Waals surface area contributed by atoms with Gasteiger partial charge in [0, 0.05) is 25.6 Å². The van der Waals surface area contributed by atoms with E-state index in [1.54, 1.807) is 11.3 Å². The van der Waals surface area contributed by atoms with Crippen molar-refractivity contribution in [3.05, 3.63) is 50.3 Å².